The van der Waals surface area contributed by atoms with Gasteiger partial charge in [0.2, 0.25) is 5.91 Å². The summed E-state index contributed by atoms with van der Waals surface area (Å²) in [6, 6.07) is 17.5. The molecule has 0 spiro atoms. The maximum absolute atomic E-state index is 11.9. The molecule has 0 aliphatic heterocycles. The normalized spacial score (nSPS) is 10.1. The average Bonchev–Trinajstić information content (AvgIpc) is 2.49. The highest BCUT2D eigenvalue weighted by Crippen LogP contribution is 2.05. The first kappa shape index (κ1) is 15.2. The van der Waals surface area contributed by atoms with Crippen LogP contribution in [0.25, 0.3) is 0 Å². The predicted octanol–water partition coefficient (Wildman–Crippen LogP) is 2.22. The Hall–Kier alpha value is -2.20. The topological polar surface area (TPSA) is 55.1 Å². The molecular weight excluding hydrogens is 280 g/mol. The Morgan fingerprint density at radius 1 is 1.00 bits per heavy atom. The van der Waals surface area contributed by atoms with E-state index in [0.717, 1.165) is 17.5 Å². The molecular formula is C17H18N2OS. The molecule has 4 heteroatoms. The fourth-order valence-electron chi connectivity index (χ4n) is 2.03. The van der Waals surface area contributed by atoms with Crippen molar-refractivity contribution in [1.82, 2.24) is 5.32 Å². The fourth-order valence-corrected chi connectivity index (χ4v) is 2.16. The van der Waals surface area contributed by atoms with E-state index in [1.807, 2.05) is 42.5 Å². The second kappa shape index (κ2) is 7.55. The monoisotopic (exact) mass is 298 g/mol. The summed E-state index contributed by atoms with van der Waals surface area (Å²) in [5.41, 5.74) is 8.53. The summed E-state index contributed by atoms with van der Waals surface area (Å²) >= 11 is 4.90. The molecule has 2 aromatic rings. The third-order valence-corrected chi connectivity index (χ3v) is 3.42. The molecule has 0 saturated heterocycles. The van der Waals surface area contributed by atoms with Gasteiger partial charge in [0, 0.05) is 12.1 Å². The Morgan fingerprint density at radius 2 is 1.67 bits per heavy atom. The molecule has 0 bridgehead atoms. The fraction of sp³-hybridized carbons (Fsp3) is 0.176. The first-order chi connectivity index (χ1) is 10.1. The zero-order chi connectivity index (χ0) is 15.1. The minimum Gasteiger partial charge on any atom is -0.389 e. The molecule has 0 heterocycles. The highest BCUT2D eigenvalue weighted by atomic mass is 32.1. The van der Waals surface area contributed by atoms with Crippen LogP contribution in [0.2, 0.25) is 0 Å². The van der Waals surface area contributed by atoms with Crippen molar-refractivity contribution in [3.05, 3.63) is 71.3 Å². The van der Waals surface area contributed by atoms with Gasteiger partial charge in [0.05, 0.1) is 6.42 Å². The van der Waals surface area contributed by atoms with Crippen LogP contribution in [0.1, 0.15) is 16.7 Å². The summed E-state index contributed by atoms with van der Waals surface area (Å²) in [7, 11) is 0. The van der Waals surface area contributed by atoms with Crippen molar-refractivity contribution < 1.29 is 4.79 Å². The zero-order valence-electron chi connectivity index (χ0n) is 11.7. The van der Waals surface area contributed by atoms with Crippen molar-refractivity contribution in [2.75, 3.05) is 6.54 Å². The Kier molecular flexibility index (Phi) is 5.46. The number of nitrogens with two attached hydrogens (primary N) is 1. The Labute approximate surface area is 130 Å². The van der Waals surface area contributed by atoms with Gasteiger partial charge in [-0.3, -0.25) is 4.79 Å². The molecule has 21 heavy (non-hydrogen) atoms. The lowest BCUT2D eigenvalue weighted by atomic mass is 10.1. The van der Waals surface area contributed by atoms with Gasteiger partial charge in [0.25, 0.3) is 0 Å². The average molecular weight is 298 g/mol. The van der Waals surface area contributed by atoms with E-state index in [9.17, 15) is 4.79 Å². The summed E-state index contributed by atoms with van der Waals surface area (Å²) in [6.45, 7) is 0.647. The van der Waals surface area contributed by atoms with E-state index in [0.29, 0.717) is 18.0 Å². The molecule has 0 radical (unpaired) electrons. The Bertz CT molecular complexity index is 608. The molecule has 0 aliphatic carbocycles. The molecule has 0 fully saturated rings. The summed E-state index contributed by atoms with van der Waals surface area (Å²) in [4.78, 5) is 12.2. The molecule has 108 valence electrons. The summed E-state index contributed by atoms with van der Waals surface area (Å²) in [6.07, 6.45) is 1.21. The Morgan fingerprint density at radius 3 is 2.29 bits per heavy atom. The summed E-state index contributed by atoms with van der Waals surface area (Å²) in [5.74, 6) is 0.0222. The van der Waals surface area contributed by atoms with Crippen LogP contribution in [-0.4, -0.2) is 17.4 Å². The molecule has 0 unspecified atom stereocenters. The van der Waals surface area contributed by atoms with Crippen molar-refractivity contribution in [2.45, 2.75) is 12.8 Å². The standard InChI is InChI=1S/C17H18N2OS/c18-17(21)15-8-6-14(7-9-15)12-16(20)19-11-10-13-4-2-1-3-5-13/h1-9H,10-12H2,(H2,18,21)(H,19,20). The van der Waals surface area contributed by atoms with Gasteiger partial charge in [-0.15, -0.1) is 0 Å². The van der Waals surface area contributed by atoms with E-state index >= 15 is 0 Å². The predicted molar refractivity (Wildman–Crippen MR) is 89.2 cm³/mol. The van der Waals surface area contributed by atoms with Crippen LogP contribution in [0.15, 0.2) is 54.6 Å². The third kappa shape index (κ3) is 5.00. The number of amides is 1. The minimum atomic E-state index is 0.0222. The van der Waals surface area contributed by atoms with Crippen molar-refractivity contribution in [3.8, 4) is 0 Å². The van der Waals surface area contributed by atoms with E-state index in [1.54, 1.807) is 0 Å². The lowest BCUT2D eigenvalue weighted by Gasteiger charge is -2.06. The summed E-state index contributed by atoms with van der Waals surface area (Å²) < 4.78 is 0. The van der Waals surface area contributed by atoms with Crippen molar-refractivity contribution in [1.29, 1.82) is 0 Å². The van der Waals surface area contributed by atoms with Crippen LogP contribution in [0, 0.1) is 0 Å². The summed E-state index contributed by atoms with van der Waals surface area (Å²) in [5, 5.41) is 2.93. The van der Waals surface area contributed by atoms with Crippen LogP contribution in [0.5, 0.6) is 0 Å². The second-order valence-corrected chi connectivity index (χ2v) is 5.26. The number of hydrogen-bond acceptors (Lipinski definition) is 2. The van der Waals surface area contributed by atoms with Crippen LogP contribution in [-0.2, 0) is 17.6 Å². The number of hydrogen-bond donors (Lipinski definition) is 2. The van der Waals surface area contributed by atoms with Crippen molar-refractivity contribution in [3.63, 3.8) is 0 Å². The van der Waals surface area contributed by atoms with E-state index in [4.69, 9.17) is 18.0 Å². The van der Waals surface area contributed by atoms with E-state index < -0.39 is 0 Å². The number of thiocarbonyl (C=S) groups is 1. The van der Waals surface area contributed by atoms with Gasteiger partial charge >= 0.3 is 0 Å². The van der Waals surface area contributed by atoms with Crippen molar-refractivity contribution in [2.24, 2.45) is 5.73 Å². The second-order valence-electron chi connectivity index (χ2n) is 4.82. The molecule has 3 nitrogen and oxygen atoms in total. The smallest absolute Gasteiger partial charge is 0.224 e. The minimum absolute atomic E-state index is 0.0222. The first-order valence-electron chi connectivity index (χ1n) is 6.84. The van der Waals surface area contributed by atoms with Gasteiger partial charge in [-0.05, 0) is 17.5 Å². The third-order valence-electron chi connectivity index (χ3n) is 3.18. The van der Waals surface area contributed by atoms with E-state index in [-0.39, 0.29) is 5.91 Å². The Balaban J connectivity index is 1.78. The van der Waals surface area contributed by atoms with Crippen LogP contribution >= 0.6 is 12.2 Å². The van der Waals surface area contributed by atoms with Crippen LogP contribution < -0.4 is 11.1 Å². The zero-order valence-corrected chi connectivity index (χ0v) is 12.5. The molecule has 0 saturated carbocycles. The van der Waals surface area contributed by atoms with E-state index in [2.05, 4.69) is 17.4 Å². The quantitative estimate of drug-likeness (QED) is 0.804. The molecule has 2 rings (SSSR count). The molecule has 0 aromatic heterocycles. The van der Waals surface area contributed by atoms with Gasteiger partial charge in [0.1, 0.15) is 4.99 Å². The first-order valence-corrected chi connectivity index (χ1v) is 7.25. The highest BCUT2D eigenvalue weighted by molar-refractivity contribution is 7.80. The highest BCUT2D eigenvalue weighted by Gasteiger charge is 2.04. The maximum Gasteiger partial charge on any atom is 0.224 e. The number of nitrogens with one attached hydrogen (secondary N) is 1. The number of carbonyl (C=O) groups excluding carboxylic acids is 1. The van der Waals surface area contributed by atoms with Gasteiger partial charge in [-0.1, -0.05) is 66.8 Å². The van der Waals surface area contributed by atoms with Crippen LogP contribution in [0.4, 0.5) is 0 Å². The van der Waals surface area contributed by atoms with Gasteiger partial charge in [0.15, 0.2) is 0 Å². The SMILES string of the molecule is NC(=S)c1ccc(CC(=O)NCCc2ccccc2)cc1. The molecule has 1 amide bonds. The molecule has 0 aliphatic rings. The largest absolute Gasteiger partial charge is 0.389 e. The lowest BCUT2D eigenvalue weighted by molar-refractivity contribution is -0.120. The maximum atomic E-state index is 11.9. The lowest BCUT2D eigenvalue weighted by Crippen LogP contribution is -2.27. The number of rotatable bonds is 6. The number of carbonyl (C=O) groups is 1. The number of benzene rings is 2. The van der Waals surface area contributed by atoms with Gasteiger partial charge in [-0.25, -0.2) is 0 Å². The van der Waals surface area contributed by atoms with Crippen LogP contribution in [0.3, 0.4) is 0 Å². The van der Waals surface area contributed by atoms with E-state index in [1.165, 1.54) is 5.56 Å². The molecule has 2 aromatic carbocycles. The molecule has 3 N–H and O–H groups in total. The van der Waals surface area contributed by atoms with Gasteiger partial charge < -0.3 is 11.1 Å². The van der Waals surface area contributed by atoms with Gasteiger partial charge in [-0.2, -0.15) is 0 Å². The molecule has 0 atom stereocenters. The van der Waals surface area contributed by atoms with Crippen molar-refractivity contribution >= 4 is 23.1 Å².